The molecule has 2 heterocycles. The number of ketones is 1. The molecule has 4 fully saturated rings. The van der Waals surface area contributed by atoms with Crippen molar-refractivity contribution in [2.24, 2.45) is 46.8 Å². The fourth-order valence-corrected chi connectivity index (χ4v) is 8.89. The monoisotopic (exact) mass is 419 g/mol. The maximum atomic E-state index is 13.5. The van der Waals surface area contributed by atoms with Crippen molar-refractivity contribution in [3.05, 3.63) is 24.7 Å². The van der Waals surface area contributed by atoms with E-state index >= 15 is 0 Å². The lowest BCUT2D eigenvalue weighted by Gasteiger charge is -2.56. The average Bonchev–Trinajstić information content (AvgIpc) is 3.33. The van der Waals surface area contributed by atoms with Gasteiger partial charge >= 0.3 is 0 Å². The molecule has 0 aromatic carbocycles. The molecule has 2 aromatic heterocycles. The molecule has 8 unspecified atom stereocenters. The molecule has 0 saturated heterocycles. The summed E-state index contributed by atoms with van der Waals surface area (Å²) in [4.78, 5) is 17.7. The molecule has 2 aromatic rings. The molecule has 4 aliphatic carbocycles. The summed E-state index contributed by atoms with van der Waals surface area (Å²) in [6.45, 7) is 5.35. The van der Waals surface area contributed by atoms with E-state index < -0.39 is 0 Å². The molecule has 0 radical (unpaired) electrons. The Morgan fingerprint density at radius 2 is 1.97 bits per heavy atom. The Bertz CT molecular complexity index is 949. The van der Waals surface area contributed by atoms with Crippen LogP contribution in [0.1, 0.15) is 71.6 Å². The number of fused-ring (bicyclic) bond motifs is 6. The Morgan fingerprint density at radius 3 is 2.84 bits per heavy atom. The summed E-state index contributed by atoms with van der Waals surface area (Å²) < 4.78 is 1.85. The lowest BCUT2D eigenvalue weighted by atomic mass is 9.49. The molecule has 0 amide bonds. The first-order chi connectivity index (χ1) is 15.0. The summed E-state index contributed by atoms with van der Waals surface area (Å²) >= 11 is 0. The van der Waals surface area contributed by atoms with Crippen molar-refractivity contribution in [1.29, 1.82) is 0 Å². The summed E-state index contributed by atoms with van der Waals surface area (Å²) in [5, 5.41) is 5.64. The van der Waals surface area contributed by atoms with Crippen molar-refractivity contribution < 1.29 is 4.79 Å². The van der Waals surface area contributed by atoms with Crippen molar-refractivity contribution in [2.75, 3.05) is 0 Å². The standard InChI is InChI=1S/C27H37N3O/c1-17-3-5-20-18(13-17)4-6-22-21(20)9-11-27(2)23(22)7-8-24(27)26(31)16-30-15-19-14-28-12-10-25(19)29-30/h10,12,14-15,17-18,20-24H,3-9,11,13,16H2,1-2H3. The first kappa shape index (κ1) is 19.9. The predicted octanol–water partition coefficient (Wildman–Crippen LogP) is 5.91. The smallest absolute Gasteiger partial charge is 0.157 e. The highest BCUT2D eigenvalue weighted by molar-refractivity contribution is 5.83. The quantitative estimate of drug-likeness (QED) is 0.622. The molecule has 166 valence electrons. The molecule has 8 atom stereocenters. The van der Waals surface area contributed by atoms with Crippen LogP contribution in [0.25, 0.3) is 10.9 Å². The van der Waals surface area contributed by atoms with Gasteiger partial charge in [0, 0.05) is 29.9 Å². The Labute approximate surface area is 186 Å². The molecule has 0 spiro atoms. The van der Waals surface area contributed by atoms with Gasteiger partial charge in [0.1, 0.15) is 0 Å². The Kier molecular flexibility index (Phi) is 4.77. The third-order valence-corrected chi connectivity index (χ3v) is 10.3. The van der Waals surface area contributed by atoms with Gasteiger partial charge in [-0.25, -0.2) is 0 Å². The Balaban J connectivity index is 1.19. The third kappa shape index (κ3) is 3.19. The van der Waals surface area contributed by atoms with Crippen LogP contribution < -0.4 is 0 Å². The van der Waals surface area contributed by atoms with E-state index in [0.29, 0.717) is 12.3 Å². The molecule has 0 bridgehead atoms. The van der Waals surface area contributed by atoms with Crippen molar-refractivity contribution >= 4 is 16.7 Å². The van der Waals surface area contributed by atoms with E-state index in [0.717, 1.165) is 52.8 Å². The molecule has 4 nitrogen and oxygen atoms in total. The molecule has 4 saturated carbocycles. The molecule has 0 N–H and O–H groups in total. The number of Topliss-reactive ketones (excluding diaryl/α,β-unsaturated/α-hetero) is 1. The third-order valence-electron chi connectivity index (χ3n) is 10.3. The van der Waals surface area contributed by atoms with Crippen molar-refractivity contribution in [2.45, 2.75) is 78.2 Å². The number of carbonyl (C=O) groups is 1. The molecule has 31 heavy (non-hydrogen) atoms. The van der Waals surface area contributed by atoms with Crippen LogP contribution >= 0.6 is 0 Å². The largest absolute Gasteiger partial charge is 0.297 e. The maximum absolute atomic E-state index is 13.5. The summed E-state index contributed by atoms with van der Waals surface area (Å²) in [5.41, 5.74) is 1.14. The Hall–Kier alpha value is -1.71. The van der Waals surface area contributed by atoms with Crippen LogP contribution in [0.3, 0.4) is 0 Å². The van der Waals surface area contributed by atoms with Crippen molar-refractivity contribution in [1.82, 2.24) is 14.8 Å². The average molecular weight is 420 g/mol. The van der Waals surface area contributed by atoms with Crippen LogP contribution in [0.5, 0.6) is 0 Å². The molecular formula is C27H37N3O. The van der Waals surface area contributed by atoms with Crippen LogP contribution in [0.15, 0.2) is 24.7 Å². The number of hydrogen-bond acceptors (Lipinski definition) is 3. The second kappa shape index (κ2) is 7.42. The van der Waals surface area contributed by atoms with Gasteiger partial charge in [-0.2, -0.15) is 5.10 Å². The summed E-state index contributed by atoms with van der Waals surface area (Å²) in [6.07, 6.45) is 17.9. The van der Waals surface area contributed by atoms with Gasteiger partial charge in [0.15, 0.2) is 5.78 Å². The molecule has 4 aliphatic rings. The van der Waals surface area contributed by atoms with Gasteiger partial charge in [0.25, 0.3) is 0 Å². The predicted molar refractivity (Wildman–Crippen MR) is 122 cm³/mol. The summed E-state index contributed by atoms with van der Waals surface area (Å²) in [5.74, 6) is 6.14. The van der Waals surface area contributed by atoms with Crippen LogP contribution in [0.4, 0.5) is 0 Å². The lowest BCUT2D eigenvalue weighted by molar-refractivity contribution is -0.131. The first-order valence-electron chi connectivity index (χ1n) is 12.8. The fraction of sp³-hybridized carbons (Fsp3) is 0.741. The van der Waals surface area contributed by atoms with Crippen LogP contribution in [-0.2, 0) is 11.3 Å². The zero-order valence-corrected chi connectivity index (χ0v) is 19.2. The number of rotatable bonds is 3. The van der Waals surface area contributed by atoms with E-state index in [1.165, 1.54) is 51.4 Å². The maximum Gasteiger partial charge on any atom is 0.157 e. The zero-order valence-electron chi connectivity index (χ0n) is 19.2. The fourth-order valence-electron chi connectivity index (χ4n) is 8.89. The minimum atomic E-state index is 0.210. The van der Waals surface area contributed by atoms with Gasteiger partial charge < -0.3 is 0 Å². The van der Waals surface area contributed by atoms with Gasteiger partial charge in [0.05, 0.1) is 12.1 Å². The number of aromatic nitrogens is 3. The van der Waals surface area contributed by atoms with Crippen LogP contribution in [0, 0.1) is 46.8 Å². The first-order valence-corrected chi connectivity index (χ1v) is 12.8. The van der Waals surface area contributed by atoms with E-state index in [1.54, 1.807) is 6.20 Å². The minimum absolute atomic E-state index is 0.210. The minimum Gasteiger partial charge on any atom is -0.297 e. The Morgan fingerprint density at radius 1 is 1.10 bits per heavy atom. The van der Waals surface area contributed by atoms with Gasteiger partial charge in [-0.05, 0) is 98.4 Å². The molecular weight excluding hydrogens is 382 g/mol. The topological polar surface area (TPSA) is 47.8 Å². The van der Waals surface area contributed by atoms with E-state index in [2.05, 4.69) is 23.9 Å². The summed E-state index contributed by atoms with van der Waals surface area (Å²) in [6, 6.07) is 1.92. The second-order valence-electron chi connectivity index (χ2n) is 11.8. The number of nitrogens with zero attached hydrogens (tertiary/aromatic N) is 3. The highest BCUT2D eigenvalue weighted by atomic mass is 16.1. The van der Waals surface area contributed by atoms with Crippen LogP contribution in [-0.4, -0.2) is 20.5 Å². The van der Waals surface area contributed by atoms with Crippen LogP contribution in [0.2, 0.25) is 0 Å². The zero-order chi connectivity index (χ0) is 21.2. The molecule has 0 aliphatic heterocycles. The summed E-state index contributed by atoms with van der Waals surface area (Å²) in [7, 11) is 0. The number of carbonyl (C=O) groups excluding carboxylic acids is 1. The van der Waals surface area contributed by atoms with Gasteiger partial charge in [-0.3, -0.25) is 14.5 Å². The molecule has 6 rings (SSSR count). The van der Waals surface area contributed by atoms with Gasteiger partial charge in [-0.1, -0.05) is 20.3 Å². The second-order valence-corrected chi connectivity index (χ2v) is 11.8. The van der Waals surface area contributed by atoms with Gasteiger partial charge in [0.2, 0.25) is 0 Å². The van der Waals surface area contributed by atoms with E-state index in [9.17, 15) is 4.79 Å². The van der Waals surface area contributed by atoms with E-state index in [1.807, 2.05) is 23.1 Å². The number of hydrogen-bond donors (Lipinski definition) is 0. The lowest BCUT2D eigenvalue weighted by Crippen LogP contribution is -2.49. The normalized spacial score (nSPS) is 42.1. The van der Waals surface area contributed by atoms with Crippen molar-refractivity contribution in [3.8, 4) is 0 Å². The van der Waals surface area contributed by atoms with E-state index in [4.69, 9.17) is 0 Å². The highest BCUT2D eigenvalue weighted by Gasteiger charge is 2.58. The number of pyridine rings is 1. The van der Waals surface area contributed by atoms with E-state index in [-0.39, 0.29) is 11.3 Å². The highest BCUT2D eigenvalue weighted by Crippen LogP contribution is 2.64. The molecule has 4 heteroatoms. The van der Waals surface area contributed by atoms with Crippen molar-refractivity contribution in [3.63, 3.8) is 0 Å². The SMILES string of the molecule is CC1CCC2C(CCC3C2CCC2(C)C(C(=O)Cn4cc5cnccc5n4)CCC32)C1. The van der Waals surface area contributed by atoms with Gasteiger partial charge in [-0.15, -0.1) is 0 Å².